The molecule has 0 amide bonds. The van der Waals surface area contributed by atoms with Crippen molar-refractivity contribution in [2.75, 3.05) is 20.2 Å². The first-order valence-electron chi connectivity index (χ1n) is 6.82. The molecule has 106 valence electrons. The lowest BCUT2D eigenvalue weighted by Gasteiger charge is -2.14. The Morgan fingerprint density at radius 1 is 1.58 bits per heavy atom. The fourth-order valence-corrected chi connectivity index (χ4v) is 2.19. The second kappa shape index (κ2) is 7.13. The molecule has 1 unspecified atom stereocenters. The summed E-state index contributed by atoms with van der Waals surface area (Å²) in [6.45, 7) is 2.52. The SMILES string of the molecule is CN=C(NCCC1CCCO1)NCc1ccnn1C. The molecule has 0 aliphatic carbocycles. The number of rotatable bonds is 5. The largest absolute Gasteiger partial charge is 0.378 e. The molecule has 2 N–H and O–H groups in total. The third-order valence-electron chi connectivity index (χ3n) is 3.37. The highest BCUT2D eigenvalue weighted by Crippen LogP contribution is 2.14. The highest BCUT2D eigenvalue weighted by Gasteiger charge is 2.14. The first-order chi connectivity index (χ1) is 9.29. The van der Waals surface area contributed by atoms with Gasteiger partial charge in [-0.1, -0.05) is 0 Å². The average Bonchev–Trinajstić information content (AvgIpc) is 3.05. The van der Waals surface area contributed by atoms with Crippen molar-refractivity contribution in [2.24, 2.45) is 12.0 Å². The van der Waals surface area contributed by atoms with Crippen LogP contribution in [0.3, 0.4) is 0 Å². The van der Waals surface area contributed by atoms with Crippen LogP contribution in [0.25, 0.3) is 0 Å². The van der Waals surface area contributed by atoms with Gasteiger partial charge in [-0.15, -0.1) is 0 Å². The normalized spacial score (nSPS) is 19.7. The first kappa shape index (κ1) is 13.9. The molecule has 0 saturated carbocycles. The highest BCUT2D eigenvalue weighted by atomic mass is 16.5. The van der Waals surface area contributed by atoms with Crippen LogP contribution in [0.1, 0.15) is 25.0 Å². The molecule has 19 heavy (non-hydrogen) atoms. The van der Waals surface area contributed by atoms with Gasteiger partial charge in [0.05, 0.1) is 18.3 Å². The fraction of sp³-hybridized carbons (Fsp3) is 0.692. The van der Waals surface area contributed by atoms with Crippen molar-refractivity contribution in [3.8, 4) is 0 Å². The molecule has 1 atom stereocenters. The van der Waals surface area contributed by atoms with E-state index >= 15 is 0 Å². The molecule has 6 heteroatoms. The Balaban J connectivity index is 1.67. The van der Waals surface area contributed by atoms with Gasteiger partial charge in [0.25, 0.3) is 0 Å². The van der Waals surface area contributed by atoms with Crippen molar-refractivity contribution in [1.29, 1.82) is 0 Å². The van der Waals surface area contributed by atoms with E-state index in [0.29, 0.717) is 6.10 Å². The summed E-state index contributed by atoms with van der Waals surface area (Å²) in [5, 5.41) is 10.7. The van der Waals surface area contributed by atoms with Crippen LogP contribution in [0.15, 0.2) is 17.3 Å². The zero-order chi connectivity index (χ0) is 13.5. The second-order valence-electron chi connectivity index (χ2n) is 4.72. The van der Waals surface area contributed by atoms with Crippen LogP contribution in [0, 0.1) is 0 Å². The molecule has 2 heterocycles. The molecule has 1 aliphatic rings. The second-order valence-corrected chi connectivity index (χ2v) is 4.72. The maximum atomic E-state index is 5.59. The molecule has 1 aliphatic heterocycles. The Kier molecular flexibility index (Phi) is 5.20. The number of aliphatic imine (C=N–C) groups is 1. The van der Waals surface area contributed by atoms with E-state index in [1.807, 2.05) is 17.8 Å². The summed E-state index contributed by atoms with van der Waals surface area (Å²) in [6, 6.07) is 1.99. The van der Waals surface area contributed by atoms with E-state index in [0.717, 1.165) is 37.8 Å². The van der Waals surface area contributed by atoms with Gasteiger partial charge < -0.3 is 15.4 Å². The Bertz CT molecular complexity index is 409. The molecule has 0 radical (unpaired) electrons. The van der Waals surface area contributed by atoms with Crippen molar-refractivity contribution in [1.82, 2.24) is 20.4 Å². The third-order valence-corrected chi connectivity index (χ3v) is 3.37. The van der Waals surface area contributed by atoms with Crippen LogP contribution in [0.4, 0.5) is 0 Å². The van der Waals surface area contributed by atoms with Gasteiger partial charge in [0.1, 0.15) is 0 Å². The summed E-state index contributed by atoms with van der Waals surface area (Å²) >= 11 is 0. The Morgan fingerprint density at radius 2 is 2.47 bits per heavy atom. The van der Waals surface area contributed by atoms with Gasteiger partial charge in [-0.3, -0.25) is 9.67 Å². The van der Waals surface area contributed by atoms with E-state index in [1.54, 1.807) is 13.2 Å². The molecule has 6 nitrogen and oxygen atoms in total. The molecule has 0 aromatic carbocycles. The van der Waals surface area contributed by atoms with Crippen molar-refractivity contribution < 1.29 is 4.74 Å². The number of guanidine groups is 1. The number of hydrogen-bond acceptors (Lipinski definition) is 3. The van der Waals surface area contributed by atoms with Gasteiger partial charge in [0.2, 0.25) is 0 Å². The lowest BCUT2D eigenvalue weighted by Crippen LogP contribution is -2.38. The zero-order valence-electron chi connectivity index (χ0n) is 11.7. The predicted octanol–water partition coefficient (Wildman–Crippen LogP) is 0.654. The summed E-state index contributed by atoms with van der Waals surface area (Å²) in [7, 11) is 3.72. The van der Waals surface area contributed by atoms with Gasteiger partial charge in [-0.05, 0) is 25.3 Å². The molecular weight excluding hydrogens is 242 g/mol. The van der Waals surface area contributed by atoms with Gasteiger partial charge in [-0.25, -0.2) is 0 Å². The lowest BCUT2D eigenvalue weighted by molar-refractivity contribution is 0.105. The van der Waals surface area contributed by atoms with Crippen LogP contribution in [-0.4, -0.2) is 42.0 Å². The minimum Gasteiger partial charge on any atom is -0.378 e. The number of hydrogen-bond donors (Lipinski definition) is 2. The molecular formula is C13H23N5O. The predicted molar refractivity (Wildman–Crippen MR) is 75.0 cm³/mol. The average molecular weight is 265 g/mol. The topological polar surface area (TPSA) is 63.5 Å². The highest BCUT2D eigenvalue weighted by molar-refractivity contribution is 5.79. The maximum Gasteiger partial charge on any atom is 0.191 e. The summed E-state index contributed by atoms with van der Waals surface area (Å²) in [5.74, 6) is 0.819. The van der Waals surface area contributed by atoms with Gasteiger partial charge in [0.15, 0.2) is 5.96 Å². The van der Waals surface area contributed by atoms with Crippen LogP contribution in [0.2, 0.25) is 0 Å². The van der Waals surface area contributed by atoms with Crippen molar-refractivity contribution >= 4 is 5.96 Å². The minimum absolute atomic E-state index is 0.419. The lowest BCUT2D eigenvalue weighted by atomic mass is 10.2. The molecule has 0 spiro atoms. The van der Waals surface area contributed by atoms with Gasteiger partial charge in [0, 0.05) is 33.4 Å². The standard InChI is InChI=1S/C13H23N5O/c1-14-13(15-7-6-12-4-3-9-19-12)16-10-11-5-8-17-18(11)2/h5,8,12H,3-4,6-7,9-10H2,1-2H3,(H2,14,15,16). The third kappa shape index (κ3) is 4.24. The summed E-state index contributed by atoms with van der Waals surface area (Å²) in [4.78, 5) is 4.21. The molecule has 1 aromatic heterocycles. The number of nitrogens with one attached hydrogen (secondary N) is 2. The van der Waals surface area contributed by atoms with Gasteiger partial charge in [-0.2, -0.15) is 5.10 Å². The van der Waals surface area contributed by atoms with E-state index in [2.05, 4.69) is 20.7 Å². The molecule has 1 fully saturated rings. The Hall–Kier alpha value is -1.56. The summed E-state index contributed by atoms with van der Waals surface area (Å²) < 4.78 is 7.44. The fourth-order valence-electron chi connectivity index (χ4n) is 2.19. The van der Waals surface area contributed by atoms with E-state index in [-0.39, 0.29) is 0 Å². The molecule has 0 bridgehead atoms. The number of aromatic nitrogens is 2. The van der Waals surface area contributed by atoms with Crippen LogP contribution in [0.5, 0.6) is 0 Å². The summed E-state index contributed by atoms with van der Waals surface area (Å²) in [6.07, 6.45) is 5.63. The molecule has 1 saturated heterocycles. The van der Waals surface area contributed by atoms with Crippen molar-refractivity contribution in [2.45, 2.75) is 31.9 Å². The van der Waals surface area contributed by atoms with E-state index in [1.165, 1.54) is 12.8 Å². The minimum atomic E-state index is 0.419. The van der Waals surface area contributed by atoms with E-state index in [4.69, 9.17) is 4.74 Å². The summed E-state index contributed by atoms with van der Waals surface area (Å²) in [5.41, 5.74) is 1.13. The van der Waals surface area contributed by atoms with E-state index in [9.17, 15) is 0 Å². The quantitative estimate of drug-likeness (QED) is 0.606. The monoisotopic (exact) mass is 265 g/mol. The van der Waals surface area contributed by atoms with Crippen LogP contribution >= 0.6 is 0 Å². The van der Waals surface area contributed by atoms with E-state index < -0.39 is 0 Å². The first-order valence-corrected chi connectivity index (χ1v) is 6.82. The van der Waals surface area contributed by atoms with Crippen molar-refractivity contribution in [3.63, 3.8) is 0 Å². The molecule has 1 aromatic rings. The maximum absolute atomic E-state index is 5.59. The molecule has 2 rings (SSSR count). The number of ether oxygens (including phenoxy) is 1. The van der Waals surface area contributed by atoms with Gasteiger partial charge >= 0.3 is 0 Å². The Morgan fingerprint density at radius 3 is 3.11 bits per heavy atom. The van der Waals surface area contributed by atoms with Crippen LogP contribution in [-0.2, 0) is 18.3 Å². The zero-order valence-corrected chi connectivity index (χ0v) is 11.7. The number of nitrogens with zero attached hydrogens (tertiary/aromatic N) is 3. The Labute approximate surface area is 114 Å². The van der Waals surface area contributed by atoms with Crippen LogP contribution < -0.4 is 10.6 Å². The van der Waals surface area contributed by atoms with Crippen molar-refractivity contribution in [3.05, 3.63) is 18.0 Å². The smallest absolute Gasteiger partial charge is 0.191 e. The number of aryl methyl sites for hydroxylation is 1.